The molecule has 0 spiro atoms. The molecule has 0 amide bonds. The first-order valence-corrected chi connectivity index (χ1v) is 6.00. The molecule has 0 heterocycles. The highest BCUT2D eigenvalue weighted by molar-refractivity contribution is 4.69. The lowest BCUT2D eigenvalue weighted by molar-refractivity contribution is 0.157. The molecule has 0 aliphatic heterocycles. The van der Waals surface area contributed by atoms with E-state index in [0.717, 1.165) is 13.2 Å². The number of rotatable bonds is 9. The molecule has 0 rings (SSSR count). The lowest BCUT2D eigenvalue weighted by Gasteiger charge is -2.20. The second-order valence-electron chi connectivity index (χ2n) is 4.95. The van der Waals surface area contributed by atoms with Gasteiger partial charge in [-0.1, -0.05) is 18.9 Å². The van der Waals surface area contributed by atoms with Gasteiger partial charge in [0.1, 0.15) is 0 Å². The van der Waals surface area contributed by atoms with Crippen LogP contribution in [0.5, 0.6) is 0 Å². The highest BCUT2D eigenvalue weighted by Gasteiger charge is 2.06. The monoisotopic (exact) mass is 213 g/mol. The van der Waals surface area contributed by atoms with Gasteiger partial charge in [0.15, 0.2) is 0 Å². The van der Waals surface area contributed by atoms with Gasteiger partial charge in [0.25, 0.3) is 0 Å². The second-order valence-corrected chi connectivity index (χ2v) is 4.95. The number of hydrogen-bond donors (Lipinski definition) is 1. The fourth-order valence-corrected chi connectivity index (χ4v) is 1.31. The molecule has 2 nitrogen and oxygen atoms in total. The van der Waals surface area contributed by atoms with Gasteiger partial charge in [0, 0.05) is 12.1 Å². The van der Waals surface area contributed by atoms with Crippen LogP contribution in [0.4, 0.5) is 0 Å². The molecule has 0 aromatic rings. The van der Waals surface area contributed by atoms with Crippen molar-refractivity contribution in [3.63, 3.8) is 0 Å². The summed E-state index contributed by atoms with van der Waals surface area (Å²) in [5.74, 6) is 0. The van der Waals surface area contributed by atoms with Crippen LogP contribution in [0.1, 0.15) is 46.5 Å². The van der Waals surface area contributed by atoms with Crippen molar-refractivity contribution in [2.24, 2.45) is 0 Å². The Bertz CT molecular complexity index is 149. The van der Waals surface area contributed by atoms with E-state index in [0.29, 0.717) is 6.61 Å². The van der Waals surface area contributed by atoms with Crippen molar-refractivity contribution in [2.45, 2.75) is 52.0 Å². The molecule has 0 aliphatic carbocycles. The van der Waals surface area contributed by atoms with Crippen LogP contribution in [0.25, 0.3) is 0 Å². The fraction of sp³-hybridized carbons (Fsp3) is 0.846. The van der Waals surface area contributed by atoms with Gasteiger partial charge in [-0.2, -0.15) is 0 Å². The van der Waals surface area contributed by atoms with Crippen molar-refractivity contribution in [3.05, 3.63) is 12.7 Å². The molecule has 15 heavy (non-hydrogen) atoms. The van der Waals surface area contributed by atoms with Crippen LogP contribution < -0.4 is 5.32 Å². The maximum absolute atomic E-state index is 5.31. The summed E-state index contributed by atoms with van der Waals surface area (Å²) >= 11 is 0. The summed E-state index contributed by atoms with van der Waals surface area (Å²) in [6.07, 6.45) is 6.79. The van der Waals surface area contributed by atoms with Crippen LogP contribution in [-0.4, -0.2) is 25.3 Å². The lowest BCUT2D eigenvalue weighted by Crippen LogP contribution is -2.36. The molecule has 0 saturated carbocycles. The van der Waals surface area contributed by atoms with Crippen molar-refractivity contribution in [2.75, 3.05) is 19.8 Å². The Morgan fingerprint density at radius 3 is 2.40 bits per heavy atom. The van der Waals surface area contributed by atoms with Gasteiger partial charge in [0.2, 0.25) is 0 Å². The summed E-state index contributed by atoms with van der Waals surface area (Å²) in [5.41, 5.74) is 0.257. The minimum absolute atomic E-state index is 0.257. The highest BCUT2D eigenvalue weighted by atomic mass is 16.5. The quantitative estimate of drug-likeness (QED) is 0.469. The smallest absolute Gasteiger partial charge is 0.0644 e. The van der Waals surface area contributed by atoms with Crippen molar-refractivity contribution in [1.29, 1.82) is 0 Å². The largest absolute Gasteiger partial charge is 0.377 e. The standard InChI is InChI=1S/C13H27NO/c1-5-11-15-12-9-7-6-8-10-14-13(2,3)4/h5,14H,1,6-12H2,2-4H3. The van der Waals surface area contributed by atoms with Crippen LogP contribution >= 0.6 is 0 Å². The minimum Gasteiger partial charge on any atom is -0.377 e. The Balaban J connectivity index is 3.02. The molecule has 0 fully saturated rings. The molecule has 0 aromatic heterocycles. The molecule has 0 bridgehead atoms. The van der Waals surface area contributed by atoms with Crippen molar-refractivity contribution in [3.8, 4) is 0 Å². The molecule has 0 unspecified atom stereocenters. The fourth-order valence-electron chi connectivity index (χ4n) is 1.31. The lowest BCUT2D eigenvalue weighted by atomic mass is 10.1. The van der Waals surface area contributed by atoms with E-state index in [1.807, 2.05) is 0 Å². The van der Waals surface area contributed by atoms with E-state index in [1.165, 1.54) is 25.7 Å². The van der Waals surface area contributed by atoms with Crippen molar-refractivity contribution < 1.29 is 4.74 Å². The molecule has 0 aliphatic rings. The summed E-state index contributed by atoms with van der Waals surface area (Å²) in [4.78, 5) is 0. The summed E-state index contributed by atoms with van der Waals surface area (Å²) in [5, 5.41) is 3.49. The summed E-state index contributed by atoms with van der Waals surface area (Å²) < 4.78 is 5.31. The van der Waals surface area contributed by atoms with Crippen LogP contribution in [-0.2, 0) is 4.74 Å². The predicted octanol–water partition coefficient (Wildman–Crippen LogP) is 3.14. The zero-order chi connectivity index (χ0) is 11.6. The van der Waals surface area contributed by atoms with E-state index < -0.39 is 0 Å². The Morgan fingerprint density at radius 1 is 1.13 bits per heavy atom. The van der Waals surface area contributed by atoms with Gasteiger partial charge in [-0.05, 0) is 40.2 Å². The van der Waals surface area contributed by atoms with E-state index >= 15 is 0 Å². The molecule has 0 atom stereocenters. The van der Waals surface area contributed by atoms with E-state index in [1.54, 1.807) is 6.08 Å². The number of ether oxygens (including phenoxy) is 1. The molecule has 0 aromatic carbocycles. The maximum Gasteiger partial charge on any atom is 0.0644 e. The topological polar surface area (TPSA) is 21.3 Å². The normalized spacial score (nSPS) is 11.7. The van der Waals surface area contributed by atoms with E-state index in [4.69, 9.17) is 4.74 Å². The van der Waals surface area contributed by atoms with E-state index in [2.05, 4.69) is 32.7 Å². The summed E-state index contributed by atoms with van der Waals surface area (Å²) in [6, 6.07) is 0. The third-order valence-electron chi connectivity index (χ3n) is 2.11. The molecule has 0 radical (unpaired) electrons. The molecular formula is C13H27NO. The second kappa shape index (κ2) is 8.93. The van der Waals surface area contributed by atoms with Gasteiger partial charge in [-0.25, -0.2) is 0 Å². The van der Waals surface area contributed by atoms with Crippen LogP contribution in [0, 0.1) is 0 Å². The van der Waals surface area contributed by atoms with Gasteiger partial charge >= 0.3 is 0 Å². The van der Waals surface area contributed by atoms with Gasteiger partial charge < -0.3 is 10.1 Å². The maximum atomic E-state index is 5.31. The van der Waals surface area contributed by atoms with Gasteiger partial charge in [-0.15, -0.1) is 6.58 Å². The third kappa shape index (κ3) is 13.7. The van der Waals surface area contributed by atoms with Crippen molar-refractivity contribution in [1.82, 2.24) is 5.32 Å². The molecule has 90 valence electrons. The Morgan fingerprint density at radius 2 is 1.80 bits per heavy atom. The van der Waals surface area contributed by atoms with E-state index in [9.17, 15) is 0 Å². The number of unbranched alkanes of at least 4 members (excludes halogenated alkanes) is 3. The average molecular weight is 213 g/mol. The number of nitrogens with one attached hydrogen (secondary N) is 1. The summed E-state index contributed by atoms with van der Waals surface area (Å²) in [7, 11) is 0. The first-order chi connectivity index (χ1) is 7.06. The highest BCUT2D eigenvalue weighted by Crippen LogP contribution is 2.02. The number of hydrogen-bond acceptors (Lipinski definition) is 2. The Kier molecular flexibility index (Phi) is 8.73. The third-order valence-corrected chi connectivity index (χ3v) is 2.11. The SMILES string of the molecule is C=CCOCCCCCCNC(C)(C)C. The predicted molar refractivity (Wildman–Crippen MR) is 67.2 cm³/mol. The minimum atomic E-state index is 0.257. The molecule has 0 saturated heterocycles. The zero-order valence-electron chi connectivity index (χ0n) is 10.6. The summed E-state index contributed by atoms with van der Waals surface area (Å²) in [6.45, 7) is 12.9. The van der Waals surface area contributed by atoms with Crippen LogP contribution in [0.15, 0.2) is 12.7 Å². The first kappa shape index (κ1) is 14.7. The molecular weight excluding hydrogens is 186 g/mol. The Hall–Kier alpha value is -0.340. The van der Waals surface area contributed by atoms with Crippen molar-refractivity contribution >= 4 is 0 Å². The van der Waals surface area contributed by atoms with Crippen LogP contribution in [0.3, 0.4) is 0 Å². The van der Waals surface area contributed by atoms with E-state index in [-0.39, 0.29) is 5.54 Å². The van der Waals surface area contributed by atoms with Crippen LogP contribution in [0.2, 0.25) is 0 Å². The van der Waals surface area contributed by atoms with Gasteiger partial charge in [-0.3, -0.25) is 0 Å². The average Bonchev–Trinajstić information content (AvgIpc) is 2.14. The zero-order valence-corrected chi connectivity index (χ0v) is 10.6. The molecule has 2 heteroatoms. The Labute approximate surface area is 95.1 Å². The van der Waals surface area contributed by atoms with Gasteiger partial charge in [0.05, 0.1) is 6.61 Å². The first-order valence-electron chi connectivity index (χ1n) is 6.00. The molecule has 1 N–H and O–H groups in total.